The van der Waals surface area contributed by atoms with Crippen LogP contribution in [0.15, 0.2) is 18.9 Å². The van der Waals surface area contributed by atoms with E-state index in [-0.39, 0.29) is 0 Å². The highest BCUT2D eigenvalue weighted by Crippen LogP contribution is 2.18. The fourth-order valence-electron chi connectivity index (χ4n) is 1.99. The number of halogens is 2. The number of aryl methyl sites for hydroxylation is 2. The lowest BCUT2D eigenvalue weighted by Crippen LogP contribution is -2.68. The van der Waals surface area contributed by atoms with Crippen LogP contribution in [0.3, 0.4) is 0 Å². The Kier molecular flexibility index (Phi) is 5.67. The molecule has 0 fully saturated rings. The predicted molar refractivity (Wildman–Crippen MR) is 74.0 cm³/mol. The number of imidazole rings is 1. The molecule has 0 aliphatic carbocycles. The van der Waals surface area contributed by atoms with Crippen LogP contribution in [0, 0.1) is 17.2 Å². The van der Waals surface area contributed by atoms with E-state index in [4.69, 9.17) is 36.0 Å². The van der Waals surface area contributed by atoms with Crippen LogP contribution in [-0.2, 0) is 13.6 Å². The zero-order chi connectivity index (χ0) is 18.8. The number of rotatable bonds is 2. The molecule has 25 heavy (non-hydrogen) atoms. The second-order valence-corrected chi connectivity index (χ2v) is 6.01. The van der Waals surface area contributed by atoms with E-state index in [2.05, 4.69) is 19.9 Å². The smallest absolute Gasteiger partial charge is 0.297 e. The molecule has 3 aromatic rings. The molecule has 3 rings (SSSR count). The summed E-state index contributed by atoms with van der Waals surface area (Å²) in [7, 11) is -3.02. The molecule has 0 aromatic carbocycles. The van der Waals surface area contributed by atoms with Crippen LogP contribution in [0.5, 0.6) is 0 Å². The first-order valence-corrected chi connectivity index (χ1v) is 8.22. The van der Waals surface area contributed by atoms with Gasteiger partial charge >= 0.3 is 0 Å². The standard InChI is InChI=1S/C12H12ClN7.ClHO4/c1-7-18-11(14)8(3-19(7)2)4-20-6-17-9-10(13)15-5-16-12(9)20;2-1(3,4)5/h3,5-6,14H,4H2,1-2H3;(H,2,3,4,5). The third-order valence-electron chi connectivity index (χ3n) is 3.17. The molecule has 3 aromatic heterocycles. The first-order valence-electron chi connectivity index (χ1n) is 6.61. The fraction of sp³-hybridized carbons (Fsp3) is 0.250. The van der Waals surface area contributed by atoms with Crippen LogP contribution in [0.25, 0.3) is 11.2 Å². The molecule has 0 amide bonds. The summed E-state index contributed by atoms with van der Waals surface area (Å²) < 4.78 is 37.8. The summed E-state index contributed by atoms with van der Waals surface area (Å²) in [5.74, 6) is 1.36. The van der Waals surface area contributed by atoms with E-state index in [1.165, 1.54) is 6.33 Å². The fourth-order valence-corrected chi connectivity index (χ4v) is 2.17. The molecule has 0 atom stereocenters. The highest BCUT2D eigenvalue weighted by molar-refractivity contribution is 6.33. The Morgan fingerprint density at radius 1 is 1.24 bits per heavy atom. The van der Waals surface area contributed by atoms with E-state index >= 15 is 0 Å². The summed E-state index contributed by atoms with van der Waals surface area (Å²) in [6.07, 6.45) is 5.04. The zero-order valence-electron chi connectivity index (χ0n) is 13.1. The van der Waals surface area contributed by atoms with E-state index in [0.29, 0.717) is 28.7 Å². The molecule has 0 radical (unpaired) electrons. The van der Waals surface area contributed by atoms with Crippen molar-refractivity contribution in [3.63, 3.8) is 0 Å². The van der Waals surface area contributed by atoms with Crippen molar-refractivity contribution in [1.29, 1.82) is 0 Å². The number of hydrogen-bond acceptors (Lipinski definition) is 9. The summed E-state index contributed by atoms with van der Waals surface area (Å²) >= 11 is 5.98. The minimum Gasteiger partial charge on any atom is -0.362 e. The van der Waals surface area contributed by atoms with Gasteiger partial charge in [-0.05, 0) is 4.98 Å². The van der Waals surface area contributed by atoms with Crippen molar-refractivity contribution in [3.05, 3.63) is 35.4 Å². The maximum atomic E-state index is 8.49. The average molecular weight is 390 g/mol. The Morgan fingerprint density at radius 2 is 1.88 bits per heavy atom. The van der Waals surface area contributed by atoms with Gasteiger partial charge in [0, 0.05) is 6.92 Å². The SMILES string of the molecule is Cc1nc(N)c(Cn2cnc3c(Cl)ncnc32)c[n+]1C.[O-][Cl+3]([O-])([O-])[O-]. The third-order valence-corrected chi connectivity index (χ3v) is 3.45. The number of nitrogen functional groups attached to an aromatic ring is 1. The van der Waals surface area contributed by atoms with E-state index in [1.54, 1.807) is 6.33 Å². The molecule has 2 N–H and O–H groups in total. The summed E-state index contributed by atoms with van der Waals surface area (Å²) in [6, 6.07) is 0. The molecule has 11 nitrogen and oxygen atoms in total. The zero-order valence-corrected chi connectivity index (χ0v) is 14.6. The van der Waals surface area contributed by atoms with Gasteiger partial charge in [0.25, 0.3) is 5.82 Å². The molecule has 3 heterocycles. The summed E-state index contributed by atoms with van der Waals surface area (Å²) in [5.41, 5.74) is 8.11. The molecular weight excluding hydrogens is 377 g/mol. The van der Waals surface area contributed by atoms with Gasteiger partial charge in [-0.3, -0.25) is 0 Å². The molecule has 0 unspecified atom stereocenters. The van der Waals surface area contributed by atoms with Crippen molar-refractivity contribution in [1.82, 2.24) is 24.5 Å². The quantitative estimate of drug-likeness (QED) is 0.336. The Bertz CT molecular complexity index is 891. The molecular formula is C12H13Cl2N7O4. The normalized spacial score (nSPS) is 11.3. The number of hydrogen-bond donors (Lipinski definition) is 1. The van der Waals surface area contributed by atoms with E-state index in [1.807, 2.05) is 29.3 Å². The van der Waals surface area contributed by atoms with Crippen molar-refractivity contribution in [2.24, 2.45) is 7.05 Å². The van der Waals surface area contributed by atoms with Gasteiger partial charge in [0.1, 0.15) is 18.0 Å². The van der Waals surface area contributed by atoms with Gasteiger partial charge in [0.05, 0.1) is 25.5 Å². The lowest BCUT2D eigenvalue weighted by molar-refractivity contribution is -2.00. The Balaban J connectivity index is 0.000000399. The Labute approximate surface area is 148 Å². The van der Waals surface area contributed by atoms with Crippen molar-refractivity contribution < 1.29 is 33.4 Å². The van der Waals surface area contributed by atoms with Crippen molar-refractivity contribution >= 4 is 28.6 Å². The highest BCUT2D eigenvalue weighted by Gasteiger charge is 2.15. The van der Waals surface area contributed by atoms with Gasteiger partial charge < -0.3 is 10.3 Å². The molecule has 0 bridgehead atoms. The molecule has 13 heteroatoms. The van der Waals surface area contributed by atoms with Gasteiger partial charge in [-0.1, -0.05) is 11.6 Å². The van der Waals surface area contributed by atoms with Crippen LogP contribution >= 0.6 is 11.6 Å². The summed E-state index contributed by atoms with van der Waals surface area (Å²) in [6.45, 7) is 2.43. The van der Waals surface area contributed by atoms with Gasteiger partial charge in [-0.2, -0.15) is 0 Å². The molecule has 0 aliphatic heterocycles. The van der Waals surface area contributed by atoms with E-state index in [0.717, 1.165) is 11.4 Å². The highest BCUT2D eigenvalue weighted by atomic mass is 35.7. The number of aromatic nitrogens is 6. The van der Waals surface area contributed by atoms with Crippen LogP contribution in [0.1, 0.15) is 11.4 Å². The summed E-state index contributed by atoms with van der Waals surface area (Å²) in [4.78, 5) is 16.6. The first kappa shape index (κ1) is 19.2. The largest absolute Gasteiger partial charge is 0.362 e. The Morgan fingerprint density at radius 3 is 2.52 bits per heavy atom. The maximum Gasteiger partial charge on any atom is 0.297 e. The molecule has 0 saturated carbocycles. The topological polar surface area (TPSA) is 179 Å². The second-order valence-electron chi connectivity index (χ2n) is 4.90. The van der Waals surface area contributed by atoms with Gasteiger partial charge in [0.2, 0.25) is 5.82 Å². The molecule has 134 valence electrons. The van der Waals surface area contributed by atoms with Crippen molar-refractivity contribution in [2.45, 2.75) is 13.5 Å². The van der Waals surface area contributed by atoms with Crippen LogP contribution in [0.4, 0.5) is 5.82 Å². The van der Waals surface area contributed by atoms with Crippen molar-refractivity contribution in [3.8, 4) is 0 Å². The predicted octanol–water partition coefficient (Wildman–Crippen LogP) is -4.12. The maximum absolute atomic E-state index is 8.49. The minimum atomic E-state index is -4.94. The lowest BCUT2D eigenvalue weighted by Gasteiger charge is -2.17. The van der Waals surface area contributed by atoms with E-state index in [9.17, 15) is 0 Å². The van der Waals surface area contributed by atoms with Gasteiger partial charge in [0.15, 0.2) is 10.8 Å². The van der Waals surface area contributed by atoms with Gasteiger partial charge in [-0.15, -0.1) is 10.2 Å². The second kappa shape index (κ2) is 7.39. The molecule has 0 spiro atoms. The van der Waals surface area contributed by atoms with Crippen LogP contribution in [-0.4, -0.2) is 24.5 Å². The van der Waals surface area contributed by atoms with Crippen molar-refractivity contribution in [2.75, 3.05) is 5.73 Å². The summed E-state index contributed by atoms with van der Waals surface area (Å²) in [5, 5.41) is 0.342. The molecule has 0 saturated heterocycles. The number of anilines is 1. The molecule has 0 aliphatic rings. The van der Waals surface area contributed by atoms with Crippen LogP contribution < -0.4 is 28.9 Å². The van der Waals surface area contributed by atoms with Crippen LogP contribution in [0.2, 0.25) is 5.15 Å². The third kappa shape index (κ3) is 5.16. The first-order chi connectivity index (χ1) is 11.6. The lowest BCUT2D eigenvalue weighted by atomic mass is 10.3. The van der Waals surface area contributed by atoms with E-state index < -0.39 is 10.2 Å². The number of nitrogens with zero attached hydrogens (tertiary/aromatic N) is 6. The monoisotopic (exact) mass is 389 g/mol. The van der Waals surface area contributed by atoms with Gasteiger partial charge in [-0.25, -0.2) is 38.2 Å². The minimum absolute atomic E-state index is 0.342. The Hall–Kier alpha value is -2.15. The number of fused-ring (bicyclic) bond motifs is 1. The average Bonchev–Trinajstić information content (AvgIpc) is 2.88. The number of nitrogens with two attached hydrogens (primary N) is 1.